The summed E-state index contributed by atoms with van der Waals surface area (Å²) in [6, 6.07) is 21.9. The van der Waals surface area contributed by atoms with Crippen LogP contribution < -0.4 is 5.32 Å². The van der Waals surface area contributed by atoms with E-state index in [0.29, 0.717) is 11.5 Å². The Balaban J connectivity index is 1.96. The van der Waals surface area contributed by atoms with Crippen LogP contribution in [0.5, 0.6) is 0 Å². The van der Waals surface area contributed by atoms with Crippen LogP contribution in [0.3, 0.4) is 0 Å². The van der Waals surface area contributed by atoms with E-state index in [2.05, 4.69) is 86.8 Å². The third-order valence-electron chi connectivity index (χ3n) is 3.67. The van der Waals surface area contributed by atoms with Crippen molar-refractivity contribution in [3.63, 3.8) is 0 Å². The van der Waals surface area contributed by atoms with Gasteiger partial charge in [0.2, 0.25) is 0 Å². The van der Waals surface area contributed by atoms with Crippen molar-refractivity contribution in [3.8, 4) is 0 Å². The molecule has 0 fully saturated rings. The highest BCUT2D eigenvalue weighted by atomic mass is 14.9. The maximum Gasteiger partial charge on any atom is 0.0325 e. The van der Waals surface area contributed by atoms with E-state index < -0.39 is 0 Å². The predicted molar refractivity (Wildman–Crippen MR) is 91.4 cm³/mol. The summed E-state index contributed by atoms with van der Waals surface area (Å²) in [6.07, 6.45) is 2.22. The molecular formula is C20H27N. The van der Waals surface area contributed by atoms with Crippen molar-refractivity contribution < 1.29 is 0 Å². The summed E-state index contributed by atoms with van der Waals surface area (Å²) in [5.74, 6) is 0. The Kier molecular flexibility index (Phi) is 5.58. The summed E-state index contributed by atoms with van der Waals surface area (Å²) in [6.45, 7) is 7.94. The summed E-state index contributed by atoms with van der Waals surface area (Å²) >= 11 is 0. The minimum Gasteiger partial charge on any atom is -0.310 e. The van der Waals surface area contributed by atoms with Crippen molar-refractivity contribution in [1.29, 1.82) is 0 Å². The zero-order valence-corrected chi connectivity index (χ0v) is 13.5. The molecule has 0 aromatic heterocycles. The molecule has 1 heteroatoms. The van der Waals surface area contributed by atoms with Gasteiger partial charge in [-0.25, -0.2) is 0 Å². The van der Waals surface area contributed by atoms with Crippen LogP contribution >= 0.6 is 0 Å². The number of rotatable bonds is 6. The first kappa shape index (κ1) is 15.8. The second-order valence-electron chi connectivity index (χ2n) is 6.92. The lowest BCUT2D eigenvalue weighted by Crippen LogP contribution is -2.27. The van der Waals surface area contributed by atoms with Crippen LogP contribution in [0.1, 0.15) is 44.4 Å². The van der Waals surface area contributed by atoms with Gasteiger partial charge in [-0.2, -0.15) is 0 Å². The summed E-state index contributed by atoms with van der Waals surface area (Å²) in [7, 11) is 0. The Hall–Kier alpha value is -1.60. The van der Waals surface area contributed by atoms with Crippen LogP contribution in [-0.2, 0) is 6.42 Å². The lowest BCUT2D eigenvalue weighted by atomic mass is 9.85. The molecular weight excluding hydrogens is 254 g/mol. The molecule has 0 aliphatic carbocycles. The van der Waals surface area contributed by atoms with Gasteiger partial charge < -0.3 is 5.32 Å². The molecule has 2 aromatic rings. The minimum absolute atomic E-state index is 0.320. The minimum atomic E-state index is 0.320. The number of benzene rings is 2. The summed E-state index contributed by atoms with van der Waals surface area (Å²) < 4.78 is 0. The molecule has 112 valence electrons. The molecule has 0 aliphatic rings. The molecule has 0 radical (unpaired) electrons. The van der Waals surface area contributed by atoms with Gasteiger partial charge in [0.15, 0.2) is 0 Å². The first-order valence-electron chi connectivity index (χ1n) is 7.87. The molecule has 1 nitrogen and oxygen atoms in total. The normalized spacial score (nSPS) is 13.1. The van der Waals surface area contributed by atoms with Gasteiger partial charge in [0, 0.05) is 6.04 Å². The molecule has 0 heterocycles. The molecule has 0 aliphatic heterocycles. The standard InChI is InChI=1S/C20H27N/c1-20(2,3)16-19(18-12-8-5-9-13-18)21-15-14-17-10-6-4-7-11-17/h4-13,19,21H,14-16H2,1-3H3. The third-order valence-corrected chi connectivity index (χ3v) is 3.67. The summed E-state index contributed by atoms with van der Waals surface area (Å²) in [5, 5.41) is 3.74. The lowest BCUT2D eigenvalue weighted by molar-refractivity contribution is 0.312. The van der Waals surface area contributed by atoms with Crippen LogP contribution in [0.25, 0.3) is 0 Å². The van der Waals surface area contributed by atoms with Crippen LogP contribution in [-0.4, -0.2) is 6.54 Å². The highest BCUT2D eigenvalue weighted by molar-refractivity contribution is 5.19. The van der Waals surface area contributed by atoms with Crippen LogP contribution in [0.15, 0.2) is 60.7 Å². The fourth-order valence-electron chi connectivity index (χ4n) is 2.64. The van der Waals surface area contributed by atoms with Crippen molar-refractivity contribution in [1.82, 2.24) is 5.32 Å². The van der Waals surface area contributed by atoms with Gasteiger partial charge in [-0.15, -0.1) is 0 Å². The smallest absolute Gasteiger partial charge is 0.0325 e. The fourth-order valence-corrected chi connectivity index (χ4v) is 2.64. The topological polar surface area (TPSA) is 12.0 Å². The number of hydrogen-bond donors (Lipinski definition) is 1. The monoisotopic (exact) mass is 281 g/mol. The fraction of sp³-hybridized carbons (Fsp3) is 0.400. The average Bonchev–Trinajstić information content (AvgIpc) is 2.47. The second kappa shape index (κ2) is 7.42. The zero-order chi connectivity index (χ0) is 15.1. The maximum absolute atomic E-state index is 3.74. The SMILES string of the molecule is CC(C)(C)CC(NCCc1ccccc1)c1ccccc1. The second-order valence-corrected chi connectivity index (χ2v) is 6.92. The predicted octanol–water partition coefficient (Wildman–Crippen LogP) is 5.00. The molecule has 1 atom stereocenters. The van der Waals surface area contributed by atoms with E-state index in [9.17, 15) is 0 Å². The van der Waals surface area contributed by atoms with Crippen LogP contribution in [0, 0.1) is 5.41 Å². The van der Waals surface area contributed by atoms with E-state index in [4.69, 9.17) is 0 Å². The van der Waals surface area contributed by atoms with E-state index in [0.717, 1.165) is 19.4 Å². The molecule has 1 unspecified atom stereocenters. The molecule has 0 amide bonds. The first-order valence-corrected chi connectivity index (χ1v) is 7.87. The largest absolute Gasteiger partial charge is 0.310 e. The lowest BCUT2D eigenvalue weighted by Gasteiger charge is -2.27. The van der Waals surface area contributed by atoms with Gasteiger partial charge in [0.05, 0.1) is 0 Å². The van der Waals surface area contributed by atoms with Gasteiger partial charge >= 0.3 is 0 Å². The van der Waals surface area contributed by atoms with Crippen molar-refractivity contribution in [2.24, 2.45) is 5.41 Å². The van der Waals surface area contributed by atoms with Gasteiger partial charge in [0.25, 0.3) is 0 Å². The molecule has 2 rings (SSSR count). The average molecular weight is 281 g/mol. The molecule has 0 saturated heterocycles. The van der Waals surface area contributed by atoms with Crippen molar-refractivity contribution in [2.75, 3.05) is 6.54 Å². The first-order chi connectivity index (χ1) is 10.0. The molecule has 2 aromatic carbocycles. The molecule has 0 bridgehead atoms. The highest BCUT2D eigenvalue weighted by Crippen LogP contribution is 2.29. The Morgan fingerprint density at radius 2 is 1.43 bits per heavy atom. The van der Waals surface area contributed by atoms with E-state index in [1.54, 1.807) is 0 Å². The third kappa shape index (κ3) is 5.73. The molecule has 0 saturated carbocycles. The number of hydrogen-bond acceptors (Lipinski definition) is 1. The van der Waals surface area contributed by atoms with Crippen molar-refractivity contribution in [2.45, 2.75) is 39.7 Å². The Morgan fingerprint density at radius 1 is 0.857 bits per heavy atom. The van der Waals surface area contributed by atoms with Gasteiger partial charge in [-0.1, -0.05) is 81.4 Å². The van der Waals surface area contributed by atoms with E-state index in [1.165, 1.54) is 11.1 Å². The van der Waals surface area contributed by atoms with Crippen LogP contribution in [0.2, 0.25) is 0 Å². The van der Waals surface area contributed by atoms with Crippen molar-refractivity contribution >= 4 is 0 Å². The summed E-state index contributed by atoms with van der Waals surface area (Å²) in [4.78, 5) is 0. The Morgan fingerprint density at radius 3 is 2.00 bits per heavy atom. The quantitative estimate of drug-likeness (QED) is 0.786. The Labute approximate surface area is 129 Å². The summed E-state index contributed by atoms with van der Waals surface area (Å²) in [5.41, 5.74) is 3.10. The maximum atomic E-state index is 3.74. The highest BCUT2D eigenvalue weighted by Gasteiger charge is 2.19. The Bertz CT molecular complexity index is 511. The van der Waals surface area contributed by atoms with Gasteiger partial charge in [-0.05, 0) is 35.9 Å². The molecule has 1 N–H and O–H groups in total. The van der Waals surface area contributed by atoms with Gasteiger partial charge in [-0.3, -0.25) is 0 Å². The van der Waals surface area contributed by atoms with Gasteiger partial charge in [0.1, 0.15) is 0 Å². The number of nitrogens with one attached hydrogen (secondary N) is 1. The molecule has 0 spiro atoms. The molecule has 21 heavy (non-hydrogen) atoms. The zero-order valence-electron chi connectivity index (χ0n) is 13.5. The van der Waals surface area contributed by atoms with E-state index in [1.807, 2.05) is 0 Å². The van der Waals surface area contributed by atoms with Crippen LogP contribution in [0.4, 0.5) is 0 Å². The van der Waals surface area contributed by atoms with E-state index >= 15 is 0 Å². The van der Waals surface area contributed by atoms with E-state index in [-0.39, 0.29) is 0 Å². The van der Waals surface area contributed by atoms with Crippen molar-refractivity contribution in [3.05, 3.63) is 71.8 Å².